The van der Waals surface area contributed by atoms with Gasteiger partial charge < -0.3 is 14.9 Å². The number of benzene rings is 2. The summed E-state index contributed by atoms with van der Waals surface area (Å²) in [5, 5.41) is 19.3. The second kappa shape index (κ2) is 7.21. The Balaban J connectivity index is 2.38. The van der Waals surface area contributed by atoms with Crippen molar-refractivity contribution in [2.75, 3.05) is 7.11 Å². The summed E-state index contributed by atoms with van der Waals surface area (Å²) >= 11 is 0. The zero-order valence-electron chi connectivity index (χ0n) is 13.4. The second-order valence-corrected chi connectivity index (χ2v) is 5.55. The van der Waals surface area contributed by atoms with E-state index in [-0.39, 0.29) is 11.5 Å². The molecule has 3 nitrogen and oxygen atoms in total. The SMILES string of the molecule is CCC(c1ccc(O)cc1)C(CC)c1ccc(O)c(OC)c1. The van der Waals surface area contributed by atoms with E-state index in [4.69, 9.17) is 4.74 Å². The maximum Gasteiger partial charge on any atom is 0.160 e. The Bertz CT molecular complexity index is 605. The van der Waals surface area contributed by atoms with Gasteiger partial charge in [-0.2, -0.15) is 0 Å². The molecule has 118 valence electrons. The average molecular weight is 300 g/mol. The minimum atomic E-state index is 0.166. The summed E-state index contributed by atoms with van der Waals surface area (Å²) in [6.07, 6.45) is 2.00. The van der Waals surface area contributed by atoms with Gasteiger partial charge in [0.1, 0.15) is 5.75 Å². The maximum absolute atomic E-state index is 9.78. The number of phenolic OH excluding ortho intramolecular Hbond substituents is 2. The van der Waals surface area contributed by atoms with E-state index in [0.29, 0.717) is 17.6 Å². The Morgan fingerprint density at radius 2 is 1.41 bits per heavy atom. The number of hydrogen-bond donors (Lipinski definition) is 2. The second-order valence-electron chi connectivity index (χ2n) is 5.55. The Morgan fingerprint density at radius 3 is 1.95 bits per heavy atom. The van der Waals surface area contributed by atoms with Gasteiger partial charge >= 0.3 is 0 Å². The molecular formula is C19H24O3. The molecule has 2 aromatic carbocycles. The van der Waals surface area contributed by atoms with Crippen LogP contribution in [-0.4, -0.2) is 17.3 Å². The fourth-order valence-electron chi connectivity index (χ4n) is 3.15. The van der Waals surface area contributed by atoms with Gasteiger partial charge in [-0.05, 0) is 60.1 Å². The van der Waals surface area contributed by atoms with Crippen molar-refractivity contribution < 1.29 is 14.9 Å². The highest BCUT2D eigenvalue weighted by Gasteiger charge is 2.23. The number of rotatable bonds is 6. The molecule has 0 aliphatic heterocycles. The molecule has 0 amide bonds. The first-order valence-corrected chi connectivity index (χ1v) is 7.76. The van der Waals surface area contributed by atoms with E-state index in [9.17, 15) is 10.2 Å². The lowest BCUT2D eigenvalue weighted by atomic mass is 9.78. The van der Waals surface area contributed by atoms with Crippen molar-refractivity contribution in [2.24, 2.45) is 0 Å². The van der Waals surface area contributed by atoms with E-state index in [1.165, 1.54) is 5.56 Å². The predicted octanol–water partition coefficient (Wildman–Crippen LogP) is 4.79. The molecule has 0 aromatic heterocycles. The van der Waals surface area contributed by atoms with Gasteiger partial charge in [0.05, 0.1) is 7.11 Å². The van der Waals surface area contributed by atoms with Crippen LogP contribution >= 0.6 is 0 Å². The summed E-state index contributed by atoms with van der Waals surface area (Å²) in [5.74, 6) is 1.66. The lowest BCUT2D eigenvalue weighted by Gasteiger charge is -2.26. The van der Waals surface area contributed by atoms with Gasteiger partial charge in [-0.1, -0.05) is 32.0 Å². The minimum absolute atomic E-state index is 0.166. The van der Waals surface area contributed by atoms with Crippen molar-refractivity contribution in [3.63, 3.8) is 0 Å². The lowest BCUT2D eigenvalue weighted by molar-refractivity contribution is 0.371. The molecule has 0 aliphatic carbocycles. The van der Waals surface area contributed by atoms with Crippen LogP contribution < -0.4 is 4.74 Å². The third-order valence-corrected chi connectivity index (χ3v) is 4.32. The van der Waals surface area contributed by atoms with E-state index in [0.717, 1.165) is 18.4 Å². The number of hydrogen-bond acceptors (Lipinski definition) is 3. The van der Waals surface area contributed by atoms with Crippen LogP contribution in [-0.2, 0) is 0 Å². The largest absolute Gasteiger partial charge is 0.508 e. The van der Waals surface area contributed by atoms with Crippen LogP contribution in [0.5, 0.6) is 17.2 Å². The topological polar surface area (TPSA) is 49.7 Å². The molecule has 2 rings (SSSR count). The Hall–Kier alpha value is -2.16. The molecule has 0 radical (unpaired) electrons. The molecule has 0 saturated carbocycles. The molecule has 22 heavy (non-hydrogen) atoms. The van der Waals surface area contributed by atoms with Gasteiger partial charge in [0, 0.05) is 0 Å². The van der Waals surface area contributed by atoms with Crippen LogP contribution in [0.3, 0.4) is 0 Å². The summed E-state index contributed by atoms with van der Waals surface area (Å²) in [4.78, 5) is 0. The van der Waals surface area contributed by atoms with E-state index in [1.807, 2.05) is 24.3 Å². The van der Waals surface area contributed by atoms with Gasteiger partial charge in [0.25, 0.3) is 0 Å². The van der Waals surface area contributed by atoms with Gasteiger partial charge in [0.15, 0.2) is 11.5 Å². The Labute approximate surface area is 132 Å². The van der Waals surface area contributed by atoms with Crippen LogP contribution in [0.2, 0.25) is 0 Å². The molecule has 0 aliphatic rings. The maximum atomic E-state index is 9.78. The monoisotopic (exact) mass is 300 g/mol. The summed E-state index contributed by atoms with van der Waals surface area (Å²) in [7, 11) is 1.57. The molecule has 0 bridgehead atoms. The summed E-state index contributed by atoms with van der Waals surface area (Å²) < 4.78 is 5.23. The highest BCUT2D eigenvalue weighted by molar-refractivity contribution is 5.44. The van der Waals surface area contributed by atoms with Crippen molar-refractivity contribution in [1.82, 2.24) is 0 Å². The zero-order valence-corrected chi connectivity index (χ0v) is 13.4. The Kier molecular flexibility index (Phi) is 5.31. The molecule has 0 fully saturated rings. The molecule has 2 aromatic rings. The zero-order chi connectivity index (χ0) is 16.1. The fraction of sp³-hybridized carbons (Fsp3) is 0.368. The van der Waals surface area contributed by atoms with E-state index < -0.39 is 0 Å². The first-order valence-electron chi connectivity index (χ1n) is 7.76. The van der Waals surface area contributed by atoms with Crippen LogP contribution in [0.25, 0.3) is 0 Å². The van der Waals surface area contributed by atoms with Crippen molar-refractivity contribution >= 4 is 0 Å². The third kappa shape index (κ3) is 3.35. The van der Waals surface area contributed by atoms with Gasteiger partial charge in [-0.15, -0.1) is 0 Å². The van der Waals surface area contributed by atoms with Crippen LogP contribution in [0.4, 0.5) is 0 Å². The molecule has 2 N–H and O–H groups in total. The summed E-state index contributed by atoms with van der Waals surface area (Å²) in [5.41, 5.74) is 2.39. The highest BCUT2D eigenvalue weighted by atomic mass is 16.5. The van der Waals surface area contributed by atoms with E-state index in [2.05, 4.69) is 13.8 Å². The van der Waals surface area contributed by atoms with Crippen molar-refractivity contribution in [2.45, 2.75) is 38.5 Å². The third-order valence-electron chi connectivity index (χ3n) is 4.32. The number of ether oxygens (including phenoxy) is 1. The summed E-state index contributed by atoms with van der Waals surface area (Å²) in [6.45, 7) is 4.35. The standard InChI is InChI=1S/C19H24O3/c1-4-16(13-6-9-15(20)10-7-13)17(5-2)14-8-11-18(21)19(12-14)22-3/h6-12,16-17,20-21H,4-5H2,1-3H3. The minimum Gasteiger partial charge on any atom is -0.508 e. The van der Waals surface area contributed by atoms with Crippen LogP contribution in [0, 0.1) is 0 Å². The van der Waals surface area contributed by atoms with Crippen molar-refractivity contribution in [3.05, 3.63) is 53.6 Å². The van der Waals surface area contributed by atoms with Gasteiger partial charge in [-0.25, -0.2) is 0 Å². The first kappa shape index (κ1) is 16.2. The molecule has 2 unspecified atom stereocenters. The molecule has 2 atom stereocenters. The number of methoxy groups -OCH3 is 1. The molecular weight excluding hydrogens is 276 g/mol. The molecule has 0 spiro atoms. The van der Waals surface area contributed by atoms with Gasteiger partial charge in [-0.3, -0.25) is 0 Å². The Morgan fingerprint density at radius 1 is 0.864 bits per heavy atom. The molecule has 3 heteroatoms. The fourth-order valence-corrected chi connectivity index (χ4v) is 3.15. The molecule has 0 heterocycles. The average Bonchev–Trinajstić information content (AvgIpc) is 2.54. The highest BCUT2D eigenvalue weighted by Crippen LogP contribution is 2.40. The normalized spacial score (nSPS) is 13.6. The van der Waals surface area contributed by atoms with Crippen LogP contribution in [0.15, 0.2) is 42.5 Å². The van der Waals surface area contributed by atoms with Crippen LogP contribution in [0.1, 0.15) is 49.7 Å². The van der Waals surface area contributed by atoms with E-state index in [1.54, 1.807) is 25.3 Å². The van der Waals surface area contributed by atoms with E-state index >= 15 is 0 Å². The lowest BCUT2D eigenvalue weighted by Crippen LogP contribution is -2.10. The number of phenols is 2. The number of aromatic hydroxyl groups is 2. The predicted molar refractivity (Wildman–Crippen MR) is 88.8 cm³/mol. The van der Waals surface area contributed by atoms with Crippen molar-refractivity contribution in [1.29, 1.82) is 0 Å². The first-order chi connectivity index (χ1) is 10.6. The van der Waals surface area contributed by atoms with Gasteiger partial charge in [0.2, 0.25) is 0 Å². The quantitative estimate of drug-likeness (QED) is 0.806. The summed E-state index contributed by atoms with van der Waals surface area (Å²) in [6, 6.07) is 13.0. The molecule has 0 saturated heterocycles. The van der Waals surface area contributed by atoms with Crippen molar-refractivity contribution in [3.8, 4) is 17.2 Å². The smallest absolute Gasteiger partial charge is 0.160 e.